The molecule has 1 aliphatic heterocycles. The number of rotatable bonds is 6. The number of likely N-dealkylation sites (N-methyl/N-ethyl adjacent to an activating group) is 1. The Hall–Kier alpha value is -2.25. The van der Waals surface area contributed by atoms with Gasteiger partial charge in [-0.3, -0.25) is 0 Å². The van der Waals surface area contributed by atoms with E-state index in [1.807, 2.05) is 30.3 Å². The molecule has 2 amide bonds. The lowest BCUT2D eigenvalue weighted by Gasteiger charge is -2.45. The third-order valence-electron chi connectivity index (χ3n) is 7.19. The molecule has 0 radical (unpaired) electrons. The van der Waals surface area contributed by atoms with Gasteiger partial charge in [-0.05, 0) is 74.7 Å². The molecule has 1 heterocycles. The highest BCUT2D eigenvalue weighted by atomic mass is 79.9. The molecule has 1 aliphatic carbocycles. The van der Waals surface area contributed by atoms with Crippen molar-refractivity contribution in [2.45, 2.75) is 49.7 Å². The van der Waals surface area contributed by atoms with Gasteiger partial charge in [0, 0.05) is 28.5 Å². The lowest BCUT2D eigenvalue weighted by molar-refractivity contribution is 0.154. The smallest absolute Gasteiger partial charge is 0.315 e. The highest BCUT2D eigenvalue weighted by Crippen LogP contribution is 2.49. The van der Waals surface area contributed by atoms with Crippen LogP contribution in [0.25, 0.3) is 0 Å². The summed E-state index contributed by atoms with van der Waals surface area (Å²) in [5, 5.41) is 6.21. The molecule has 1 saturated heterocycles. The Morgan fingerprint density at radius 2 is 1.88 bits per heavy atom. The van der Waals surface area contributed by atoms with E-state index in [4.69, 9.17) is 9.47 Å². The number of likely N-dealkylation sites (tertiary alicyclic amines) is 1. The van der Waals surface area contributed by atoms with Crippen LogP contribution < -0.4 is 20.1 Å². The fourth-order valence-corrected chi connectivity index (χ4v) is 5.68. The summed E-state index contributed by atoms with van der Waals surface area (Å²) >= 11 is 3.44. The SMILES string of the molecule is COc1ccc([C@@]23CC[C@H](NC(=O)NCc4ccc(Br)cc4)C[C@H]2N(C)CC3)cc1OC. The maximum Gasteiger partial charge on any atom is 0.315 e. The van der Waals surface area contributed by atoms with Crippen LogP contribution in [0.2, 0.25) is 0 Å². The molecule has 6 nitrogen and oxygen atoms in total. The molecular formula is C25H32BrN3O3. The van der Waals surface area contributed by atoms with E-state index < -0.39 is 0 Å². The first-order valence-corrected chi connectivity index (χ1v) is 12.0. The molecule has 0 unspecified atom stereocenters. The second kappa shape index (κ2) is 9.71. The molecule has 2 N–H and O–H groups in total. The van der Waals surface area contributed by atoms with Crippen molar-refractivity contribution in [2.24, 2.45) is 0 Å². The number of carbonyl (C=O) groups excluding carboxylic acids is 1. The molecular weight excluding hydrogens is 470 g/mol. The number of hydrogen-bond donors (Lipinski definition) is 2. The van der Waals surface area contributed by atoms with E-state index in [0.29, 0.717) is 12.6 Å². The van der Waals surface area contributed by atoms with Gasteiger partial charge >= 0.3 is 6.03 Å². The van der Waals surface area contributed by atoms with Crippen LogP contribution in [0.15, 0.2) is 46.9 Å². The summed E-state index contributed by atoms with van der Waals surface area (Å²) in [6.07, 6.45) is 4.06. The number of methoxy groups -OCH3 is 2. The van der Waals surface area contributed by atoms with E-state index in [1.54, 1.807) is 14.2 Å². The Bertz CT molecular complexity index is 952. The van der Waals surface area contributed by atoms with Gasteiger partial charge in [0.2, 0.25) is 0 Å². The van der Waals surface area contributed by atoms with E-state index in [9.17, 15) is 4.79 Å². The molecule has 2 aliphatic rings. The number of urea groups is 1. The summed E-state index contributed by atoms with van der Waals surface area (Å²) in [7, 11) is 5.55. The Morgan fingerprint density at radius 1 is 1.12 bits per heavy atom. The van der Waals surface area contributed by atoms with Crippen LogP contribution in [0.5, 0.6) is 11.5 Å². The monoisotopic (exact) mass is 501 g/mol. The zero-order valence-corrected chi connectivity index (χ0v) is 20.6. The number of amides is 2. The fraction of sp³-hybridized carbons (Fsp3) is 0.480. The van der Waals surface area contributed by atoms with Gasteiger partial charge in [0.05, 0.1) is 14.2 Å². The zero-order chi connectivity index (χ0) is 22.7. The Balaban J connectivity index is 1.42. The van der Waals surface area contributed by atoms with Crippen LogP contribution >= 0.6 is 15.9 Å². The molecule has 2 fully saturated rings. The van der Waals surface area contributed by atoms with Gasteiger partial charge in [-0.2, -0.15) is 0 Å². The largest absolute Gasteiger partial charge is 0.493 e. The number of benzene rings is 2. The first kappa shape index (κ1) is 22.9. The Labute approximate surface area is 198 Å². The molecule has 4 rings (SSSR count). The molecule has 0 bridgehead atoms. The third kappa shape index (κ3) is 4.59. The van der Waals surface area contributed by atoms with Crippen molar-refractivity contribution in [3.05, 3.63) is 58.1 Å². The van der Waals surface area contributed by atoms with Gasteiger partial charge in [0.25, 0.3) is 0 Å². The predicted octanol–water partition coefficient (Wildman–Crippen LogP) is 4.46. The molecule has 2 aromatic rings. The summed E-state index contributed by atoms with van der Waals surface area (Å²) < 4.78 is 12.0. The summed E-state index contributed by atoms with van der Waals surface area (Å²) in [5.41, 5.74) is 2.47. The highest BCUT2D eigenvalue weighted by Gasteiger charge is 2.50. The third-order valence-corrected chi connectivity index (χ3v) is 7.72. The van der Waals surface area contributed by atoms with Crippen LogP contribution in [0.1, 0.15) is 36.8 Å². The normalized spacial score (nSPS) is 25.1. The maximum atomic E-state index is 12.6. The van der Waals surface area contributed by atoms with Gasteiger partial charge in [-0.25, -0.2) is 4.79 Å². The van der Waals surface area contributed by atoms with Crippen molar-refractivity contribution in [3.8, 4) is 11.5 Å². The first-order valence-electron chi connectivity index (χ1n) is 11.2. The van der Waals surface area contributed by atoms with Gasteiger partial charge in [0.1, 0.15) is 0 Å². The number of fused-ring (bicyclic) bond motifs is 1. The van der Waals surface area contributed by atoms with Gasteiger partial charge in [0.15, 0.2) is 11.5 Å². The maximum absolute atomic E-state index is 12.6. The van der Waals surface area contributed by atoms with Crippen LogP contribution in [-0.2, 0) is 12.0 Å². The van der Waals surface area contributed by atoms with Gasteiger partial charge in [-0.1, -0.05) is 34.1 Å². The number of halogens is 1. The average molecular weight is 502 g/mol. The molecule has 32 heavy (non-hydrogen) atoms. The number of carbonyl (C=O) groups is 1. The second-order valence-corrected chi connectivity index (χ2v) is 9.81. The van der Waals surface area contributed by atoms with E-state index in [2.05, 4.69) is 50.6 Å². The topological polar surface area (TPSA) is 62.8 Å². The van der Waals surface area contributed by atoms with Crippen LogP contribution in [-0.4, -0.2) is 50.8 Å². The molecule has 0 aromatic heterocycles. The Kier molecular flexibility index (Phi) is 6.96. The quantitative estimate of drug-likeness (QED) is 0.613. The zero-order valence-electron chi connectivity index (χ0n) is 19.0. The van der Waals surface area contributed by atoms with Crippen molar-refractivity contribution in [1.82, 2.24) is 15.5 Å². The van der Waals surface area contributed by atoms with E-state index in [0.717, 1.165) is 53.8 Å². The average Bonchev–Trinajstić information content (AvgIpc) is 3.15. The summed E-state index contributed by atoms with van der Waals surface area (Å²) in [6.45, 7) is 1.58. The van der Waals surface area contributed by atoms with Crippen LogP contribution in [0.4, 0.5) is 4.79 Å². The minimum atomic E-state index is -0.0998. The first-order chi connectivity index (χ1) is 15.4. The van der Waals surface area contributed by atoms with Gasteiger partial charge < -0.3 is 25.0 Å². The van der Waals surface area contributed by atoms with Crippen molar-refractivity contribution in [3.63, 3.8) is 0 Å². The van der Waals surface area contributed by atoms with E-state index in [-0.39, 0.29) is 17.5 Å². The van der Waals surface area contributed by atoms with Crippen molar-refractivity contribution >= 4 is 22.0 Å². The second-order valence-electron chi connectivity index (χ2n) is 8.90. The molecule has 1 saturated carbocycles. The standard InChI is InChI=1S/C25H32BrN3O3/c1-29-13-12-25(18-6-9-21(31-2)22(14-18)32-3)11-10-20(15-23(25)29)28-24(30)27-16-17-4-7-19(26)8-5-17/h4-9,14,20,23H,10-13,15-16H2,1-3H3,(H2,27,28,30)/t20-,23+,25-/m0/s1. The van der Waals surface area contributed by atoms with E-state index in [1.165, 1.54) is 5.56 Å². The number of ether oxygens (including phenoxy) is 2. The lowest BCUT2D eigenvalue weighted by atomic mass is 9.65. The molecule has 2 aromatic carbocycles. The molecule has 7 heteroatoms. The number of nitrogens with zero attached hydrogens (tertiary/aromatic N) is 1. The summed E-state index contributed by atoms with van der Waals surface area (Å²) in [4.78, 5) is 15.0. The van der Waals surface area contributed by atoms with Crippen molar-refractivity contribution < 1.29 is 14.3 Å². The van der Waals surface area contributed by atoms with Gasteiger partial charge in [-0.15, -0.1) is 0 Å². The molecule has 3 atom stereocenters. The van der Waals surface area contributed by atoms with Crippen molar-refractivity contribution in [2.75, 3.05) is 27.8 Å². The minimum Gasteiger partial charge on any atom is -0.493 e. The van der Waals surface area contributed by atoms with Crippen molar-refractivity contribution in [1.29, 1.82) is 0 Å². The molecule has 172 valence electrons. The van der Waals surface area contributed by atoms with Crippen LogP contribution in [0, 0.1) is 0 Å². The minimum absolute atomic E-state index is 0.0837. The fourth-order valence-electron chi connectivity index (χ4n) is 5.42. The Morgan fingerprint density at radius 3 is 2.59 bits per heavy atom. The lowest BCUT2D eigenvalue weighted by Crippen LogP contribution is -2.53. The number of hydrogen-bond acceptors (Lipinski definition) is 4. The van der Waals surface area contributed by atoms with Crippen LogP contribution in [0.3, 0.4) is 0 Å². The number of nitrogens with one attached hydrogen (secondary N) is 2. The summed E-state index contributed by atoms with van der Waals surface area (Å²) in [5.74, 6) is 1.54. The molecule has 0 spiro atoms. The van der Waals surface area contributed by atoms with E-state index >= 15 is 0 Å². The predicted molar refractivity (Wildman–Crippen MR) is 129 cm³/mol. The highest BCUT2D eigenvalue weighted by molar-refractivity contribution is 9.10. The summed E-state index contributed by atoms with van der Waals surface area (Å²) in [6, 6.07) is 14.8.